The Balaban J connectivity index is 2.84. The second kappa shape index (κ2) is 5.71. The van der Waals surface area contributed by atoms with Gasteiger partial charge in [-0.3, -0.25) is 4.79 Å². The molecular weight excluding hydrogens is 264 g/mol. The van der Waals surface area contributed by atoms with Gasteiger partial charge in [0.2, 0.25) is 10.0 Å². The Hall–Kier alpha value is -1.40. The first kappa shape index (κ1) is 15.7. The molecule has 0 fully saturated rings. The second-order valence-corrected chi connectivity index (χ2v) is 7.15. The van der Waals surface area contributed by atoms with E-state index in [1.165, 1.54) is 0 Å². The first-order chi connectivity index (χ1) is 8.61. The Morgan fingerprint density at radius 2 is 1.84 bits per heavy atom. The van der Waals surface area contributed by atoms with Gasteiger partial charge in [0, 0.05) is 12.1 Å². The molecule has 0 saturated carbocycles. The molecule has 106 valence electrons. The van der Waals surface area contributed by atoms with Crippen LogP contribution >= 0.6 is 0 Å². The molecule has 0 radical (unpaired) electrons. The third-order valence-corrected chi connectivity index (χ3v) is 3.43. The summed E-state index contributed by atoms with van der Waals surface area (Å²) in [6.45, 7) is 6.06. The lowest BCUT2D eigenvalue weighted by molar-refractivity contribution is 0.0954. The van der Waals surface area contributed by atoms with Crippen LogP contribution in [0.3, 0.4) is 0 Å². The SMILES string of the molecule is CC(C)(C)c1ccccc1C(=O)NCCS(N)(=O)=O. The van der Waals surface area contributed by atoms with Gasteiger partial charge in [0.05, 0.1) is 5.75 Å². The molecule has 5 nitrogen and oxygen atoms in total. The Bertz CT molecular complexity index is 559. The lowest BCUT2D eigenvalue weighted by Crippen LogP contribution is -2.32. The van der Waals surface area contributed by atoms with Crippen LogP contribution in [0.5, 0.6) is 0 Å². The van der Waals surface area contributed by atoms with Crippen LogP contribution in [0.2, 0.25) is 0 Å². The van der Waals surface area contributed by atoms with E-state index in [-0.39, 0.29) is 23.6 Å². The number of benzene rings is 1. The van der Waals surface area contributed by atoms with E-state index in [0.29, 0.717) is 5.56 Å². The molecule has 1 aromatic rings. The summed E-state index contributed by atoms with van der Waals surface area (Å²) in [6, 6.07) is 7.28. The van der Waals surface area contributed by atoms with Gasteiger partial charge in [-0.05, 0) is 17.0 Å². The van der Waals surface area contributed by atoms with Gasteiger partial charge in [0.1, 0.15) is 0 Å². The van der Waals surface area contributed by atoms with Crippen molar-refractivity contribution >= 4 is 15.9 Å². The molecule has 0 heterocycles. The minimum atomic E-state index is -3.56. The van der Waals surface area contributed by atoms with Gasteiger partial charge in [-0.15, -0.1) is 0 Å². The first-order valence-corrected chi connectivity index (χ1v) is 7.71. The van der Waals surface area contributed by atoms with Crippen molar-refractivity contribution in [1.29, 1.82) is 0 Å². The quantitative estimate of drug-likeness (QED) is 0.864. The number of nitrogens with one attached hydrogen (secondary N) is 1. The molecule has 1 aromatic carbocycles. The van der Waals surface area contributed by atoms with E-state index in [4.69, 9.17) is 5.14 Å². The standard InChI is InChI=1S/C13H20N2O3S/c1-13(2,3)11-7-5-4-6-10(11)12(16)15-8-9-19(14,17)18/h4-7H,8-9H2,1-3H3,(H,15,16)(H2,14,17,18). The molecule has 0 bridgehead atoms. The van der Waals surface area contributed by atoms with E-state index in [9.17, 15) is 13.2 Å². The predicted octanol–water partition coefficient (Wildman–Crippen LogP) is 1.00. The number of hydrogen-bond donors (Lipinski definition) is 2. The lowest BCUT2D eigenvalue weighted by atomic mass is 9.83. The van der Waals surface area contributed by atoms with Crippen LogP contribution in [-0.4, -0.2) is 26.6 Å². The fraction of sp³-hybridized carbons (Fsp3) is 0.462. The maximum Gasteiger partial charge on any atom is 0.251 e. The molecule has 6 heteroatoms. The van der Waals surface area contributed by atoms with Crippen LogP contribution in [0.25, 0.3) is 0 Å². The largest absolute Gasteiger partial charge is 0.351 e. The molecule has 0 saturated heterocycles. The summed E-state index contributed by atoms with van der Waals surface area (Å²) in [5.74, 6) is -0.551. The number of carbonyl (C=O) groups is 1. The lowest BCUT2D eigenvalue weighted by Gasteiger charge is -2.22. The van der Waals surface area contributed by atoms with Gasteiger partial charge in [-0.2, -0.15) is 0 Å². The predicted molar refractivity (Wildman–Crippen MR) is 75.4 cm³/mol. The highest BCUT2D eigenvalue weighted by molar-refractivity contribution is 7.89. The average Bonchev–Trinajstić information content (AvgIpc) is 2.26. The summed E-state index contributed by atoms with van der Waals surface area (Å²) in [6.07, 6.45) is 0. The highest BCUT2D eigenvalue weighted by atomic mass is 32.2. The second-order valence-electron chi connectivity index (χ2n) is 5.42. The van der Waals surface area contributed by atoms with Crippen molar-refractivity contribution in [2.24, 2.45) is 5.14 Å². The molecule has 0 aliphatic carbocycles. The Morgan fingerprint density at radius 1 is 1.26 bits per heavy atom. The van der Waals surface area contributed by atoms with Crippen molar-refractivity contribution in [3.05, 3.63) is 35.4 Å². The molecule has 0 aliphatic rings. The Labute approximate surface area is 114 Å². The van der Waals surface area contributed by atoms with E-state index < -0.39 is 10.0 Å². The van der Waals surface area contributed by atoms with Crippen LogP contribution in [-0.2, 0) is 15.4 Å². The number of sulfonamides is 1. The van der Waals surface area contributed by atoms with Crippen LogP contribution in [0.15, 0.2) is 24.3 Å². The molecule has 1 amide bonds. The third-order valence-electron chi connectivity index (χ3n) is 2.65. The number of nitrogens with two attached hydrogens (primary N) is 1. The van der Waals surface area contributed by atoms with Crippen LogP contribution in [0, 0.1) is 0 Å². The molecular formula is C13H20N2O3S. The van der Waals surface area contributed by atoms with E-state index >= 15 is 0 Å². The molecule has 1 rings (SSSR count). The highest BCUT2D eigenvalue weighted by Gasteiger charge is 2.20. The van der Waals surface area contributed by atoms with E-state index in [1.54, 1.807) is 12.1 Å². The van der Waals surface area contributed by atoms with Gasteiger partial charge in [0.25, 0.3) is 5.91 Å². The van der Waals surface area contributed by atoms with Crippen molar-refractivity contribution < 1.29 is 13.2 Å². The summed E-state index contributed by atoms with van der Waals surface area (Å²) >= 11 is 0. The minimum absolute atomic E-state index is 0.0101. The number of hydrogen-bond acceptors (Lipinski definition) is 3. The van der Waals surface area contributed by atoms with Crippen molar-refractivity contribution in [2.45, 2.75) is 26.2 Å². The normalized spacial score (nSPS) is 12.2. The maximum atomic E-state index is 12.1. The van der Waals surface area contributed by atoms with E-state index in [0.717, 1.165) is 5.56 Å². The first-order valence-electron chi connectivity index (χ1n) is 5.99. The van der Waals surface area contributed by atoms with Crippen molar-refractivity contribution in [1.82, 2.24) is 5.32 Å². The Kier molecular flexibility index (Phi) is 4.70. The fourth-order valence-corrected chi connectivity index (χ4v) is 2.12. The summed E-state index contributed by atoms with van der Waals surface area (Å²) in [5, 5.41) is 7.45. The summed E-state index contributed by atoms with van der Waals surface area (Å²) in [7, 11) is -3.56. The summed E-state index contributed by atoms with van der Waals surface area (Å²) in [5.41, 5.74) is 1.32. The molecule has 0 aromatic heterocycles. The van der Waals surface area contributed by atoms with Crippen molar-refractivity contribution in [3.63, 3.8) is 0 Å². The summed E-state index contributed by atoms with van der Waals surface area (Å²) in [4.78, 5) is 12.1. The van der Waals surface area contributed by atoms with Gasteiger partial charge in [-0.25, -0.2) is 13.6 Å². The number of rotatable bonds is 4. The third kappa shape index (κ3) is 5.00. The molecule has 0 unspecified atom stereocenters. The molecule has 3 N–H and O–H groups in total. The number of primary sulfonamides is 1. The fourth-order valence-electron chi connectivity index (χ4n) is 1.74. The van der Waals surface area contributed by atoms with E-state index in [2.05, 4.69) is 5.32 Å². The van der Waals surface area contributed by atoms with Crippen molar-refractivity contribution in [2.75, 3.05) is 12.3 Å². The Morgan fingerprint density at radius 3 is 2.37 bits per heavy atom. The topological polar surface area (TPSA) is 89.3 Å². The molecule has 0 aliphatic heterocycles. The zero-order valence-corrected chi connectivity index (χ0v) is 12.3. The van der Waals surface area contributed by atoms with Crippen LogP contribution in [0.1, 0.15) is 36.7 Å². The van der Waals surface area contributed by atoms with Crippen molar-refractivity contribution in [3.8, 4) is 0 Å². The van der Waals surface area contributed by atoms with Gasteiger partial charge in [-0.1, -0.05) is 39.0 Å². The monoisotopic (exact) mass is 284 g/mol. The number of amides is 1. The zero-order chi connectivity index (χ0) is 14.7. The van der Waals surface area contributed by atoms with E-state index in [1.807, 2.05) is 32.9 Å². The molecule has 19 heavy (non-hydrogen) atoms. The van der Waals surface area contributed by atoms with Gasteiger partial charge < -0.3 is 5.32 Å². The molecule has 0 atom stereocenters. The van der Waals surface area contributed by atoms with Gasteiger partial charge >= 0.3 is 0 Å². The summed E-state index contributed by atoms with van der Waals surface area (Å²) < 4.78 is 21.6. The zero-order valence-electron chi connectivity index (χ0n) is 11.4. The van der Waals surface area contributed by atoms with Gasteiger partial charge in [0.15, 0.2) is 0 Å². The molecule has 0 spiro atoms. The number of carbonyl (C=O) groups excluding carboxylic acids is 1. The minimum Gasteiger partial charge on any atom is -0.351 e. The maximum absolute atomic E-state index is 12.1. The average molecular weight is 284 g/mol. The smallest absolute Gasteiger partial charge is 0.251 e. The van der Waals surface area contributed by atoms with Crippen LogP contribution in [0.4, 0.5) is 0 Å². The van der Waals surface area contributed by atoms with Crippen LogP contribution < -0.4 is 10.5 Å². The highest BCUT2D eigenvalue weighted by Crippen LogP contribution is 2.25.